The Labute approximate surface area is 107 Å². The number of halogens is 3. The molecule has 1 aliphatic heterocycles. The molecule has 0 radical (unpaired) electrons. The fraction of sp³-hybridized carbons (Fsp3) is 0.300. The van der Waals surface area contributed by atoms with Crippen LogP contribution in [0, 0.1) is 0 Å². The molecule has 0 aromatic heterocycles. The van der Waals surface area contributed by atoms with Crippen LogP contribution in [0.2, 0.25) is 0 Å². The number of carbonyl (C=O) groups is 1. The quantitative estimate of drug-likeness (QED) is 0.585. The van der Waals surface area contributed by atoms with Crippen molar-refractivity contribution in [3.63, 3.8) is 0 Å². The Morgan fingerprint density at radius 1 is 1.38 bits per heavy atom. The molecule has 3 nitrogen and oxygen atoms in total. The van der Waals surface area contributed by atoms with E-state index in [4.69, 9.17) is 44.3 Å². The first kappa shape index (κ1) is 11.8. The minimum Gasteiger partial charge on any atom is -0.497 e. The second-order valence-electron chi connectivity index (χ2n) is 3.28. The number of ether oxygens (including phenoxy) is 2. The summed E-state index contributed by atoms with van der Waals surface area (Å²) in [6.07, 6.45) is -0.870. The molecule has 0 fully saturated rings. The van der Waals surface area contributed by atoms with Gasteiger partial charge in [-0.3, -0.25) is 0 Å². The fourth-order valence-electron chi connectivity index (χ4n) is 1.54. The Bertz CT molecular complexity index is 439. The van der Waals surface area contributed by atoms with Crippen molar-refractivity contribution in [2.75, 3.05) is 7.11 Å². The first-order valence-corrected chi connectivity index (χ1v) is 5.52. The highest BCUT2D eigenvalue weighted by atomic mass is 35.6. The highest BCUT2D eigenvalue weighted by Gasteiger charge is 2.44. The summed E-state index contributed by atoms with van der Waals surface area (Å²) in [6, 6.07) is 4.91. The average molecular weight is 282 g/mol. The minimum atomic E-state index is -1.67. The van der Waals surface area contributed by atoms with Gasteiger partial charge in [0.15, 0.2) is 6.10 Å². The van der Waals surface area contributed by atoms with Crippen molar-refractivity contribution in [1.82, 2.24) is 0 Å². The molecule has 1 aliphatic rings. The van der Waals surface area contributed by atoms with Gasteiger partial charge in [0.2, 0.25) is 3.79 Å². The Hall–Kier alpha value is -0.640. The molecule has 6 heteroatoms. The van der Waals surface area contributed by atoms with Gasteiger partial charge < -0.3 is 9.47 Å². The molecule has 0 N–H and O–H groups in total. The molecule has 1 aromatic carbocycles. The van der Waals surface area contributed by atoms with E-state index >= 15 is 0 Å². The number of carbonyl (C=O) groups excluding carboxylic acids is 1. The molecule has 0 saturated carbocycles. The molecule has 1 heterocycles. The monoisotopic (exact) mass is 280 g/mol. The molecular formula is C10H7Cl3O3. The van der Waals surface area contributed by atoms with E-state index in [0.29, 0.717) is 16.9 Å². The van der Waals surface area contributed by atoms with Gasteiger partial charge in [0, 0.05) is 5.56 Å². The number of esters is 1. The second-order valence-corrected chi connectivity index (χ2v) is 5.65. The molecule has 86 valence electrons. The molecular weight excluding hydrogens is 274 g/mol. The molecule has 1 aromatic rings. The number of alkyl halides is 3. The Morgan fingerprint density at radius 3 is 2.62 bits per heavy atom. The highest BCUT2D eigenvalue weighted by Crippen LogP contribution is 2.47. The van der Waals surface area contributed by atoms with Crippen LogP contribution in [0.15, 0.2) is 18.2 Å². The summed E-state index contributed by atoms with van der Waals surface area (Å²) in [5, 5.41) is 0. The standard InChI is InChI=1S/C10H7Cl3O3/c1-15-5-2-3-6-7(4-5)9(14)16-8(6)10(11,12)13/h2-4,8H,1H3/t8-/m0/s1. The van der Waals surface area contributed by atoms with E-state index < -0.39 is 15.9 Å². The van der Waals surface area contributed by atoms with Crippen molar-refractivity contribution in [3.8, 4) is 5.75 Å². The number of rotatable bonds is 1. The average Bonchev–Trinajstić information content (AvgIpc) is 2.55. The van der Waals surface area contributed by atoms with Gasteiger partial charge in [0.05, 0.1) is 12.7 Å². The summed E-state index contributed by atoms with van der Waals surface area (Å²) >= 11 is 17.2. The van der Waals surface area contributed by atoms with Gasteiger partial charge in [-0.2, -0.15) is 0 Å². The van der Waals surface area contributed by atoms with E-state index in [1.54, 1.807) is 18.2 Å². The first-order valence-electron chi connectivity index (χ1n) is 4.39. The molecule has 1 atom stereocenters. The third-order valence-corrected chi connectivity index (χ3v) is 2.88. The third kappa shape index (κ3) is 1.95. The van der Waals surface area contributed by atoms with Crippen molar-refractivity contribution in [3.05, 3.63) is 29.3 Å². The molecule has 0 unspecified atom stereocenters. The van der Waals surface area contributed by atoms with E-state index in [0.717, 1.165) is 0 Å². The summed E-state index contributed by atoms with van der Waals surface area (Å²) in [5.41, 5.74) is 0.932. The number of fused-ring (bicyclic) bond motifs is 1. The van der Waals surface area contributed by atoms with Gasteiger partial charge in [-0.15, -0.1) is 0 Å². The van der Waals surface area contributed by atoms with Crippen LogP contribution < -0.4 is 4.74 Å². The molecule has 0 bridgehead atoms. The summed E-state index contributed by atoms with van der Waals surface area (Å²) in [5.74, 6) is 0.0471. The smallest absolute Gasteiger partial charge is 0.339 e. The topological polar surface area (TPSA) is 35.5 Å². The van der Waals surface area contributed by atoms with Crippen LogP contribution in [-0.2, 0) is 4.74 Å². The number of cyclic esters (lactones) is 1. The van der Waals surface area contributed by atoms with Crippen LogP contribution in [0.4, 0.5) is 0 Å². The zero-order valence-electron chi connectivity index (χ0n) is 8.17. The van der Waals surface area contributed by atoms with Crippen LogP contribution in [-0.4, -0.2) is 16.9 Å². The number of hydrogen-bond acceptors (Lipinski definition) is 3. The van der Waals surface area contributed by atoms with Gasteiger partial charge in [0.1, 0.15) is 5.75 Å². The summed E-state index contributed by atoms with van der Waals surface area (Å²) in [6.45, 7) is 0. The lowest BCUT2D eigenvalue weighted by atomic mass is 10.1. The van der Waals surface area contributed by atoms with E-state index in [1.807, 2.05) is 0 Å². The summed E-state index contributed by atoms with van der Waals surface area (Å²) < 4.78 is 8.34. The summed E-state index contributed by atoms with van der Waals surface area (Å²) in [4.78, 5) is 11.5. The minimum absolute atomic E-state index is 0.371. The largest absolute Gasteiger partial charge is 0.497 e. The van der Waals surface area contributed by atoms with Crippen LogP contribution in [0.5, 0.6) is 5.75 Å². The summed E-state index contributed by atoms with van der Waals surface area (Å²) in [7, 11) is 1.51. The first-order chi connectivity index (χ1) is 7.43. The Kier molecular flexibility index (Phi) is 2.95. The van der Waals surface area contributed by atoms with Crippen molar-refractivity contribution in [1.29, 1.82) is 0 Å². The Morgan fingerprint density at radius 2 is 2.06 bits per heavy atom. The van der Waals surface area contributed by atoms with Crippen LogP contribution in [0.25, 0.3) is 0 Å². The van der Waals surface area contributed by atoms with Crippen molar-refractivity contribution in [2.24, 2.45) is 0 Å². The highest BCUT2D eigenvalue weighted by molar-refractivity contribution is 6.68. The van der Waals surface area contributed by atoms with Crippen LogP contribution in [0.1, 0.15) is 22.0 Å². The van der Waals surface area contributed by atoms with Gasteiger partial charge >= 0.3 is 5.97 Å². The van der Waals surface area contributed by atoms with Gasteiger partial charge in [-0.25, -0.2) is 4.79 Å². The zero-order chi connectivity index (χ0) is 11.9. The molecule has 16 heavy (non-hydrogen) atoms. The zero-order valence-corrected chi connectivity index (χ0v) is 10.4. The molecule has 0 aliphatic carbocycles. The van der Waals surface area contributed by atoms with Crippen molar-refractivity contribution >= 4 is 40.8 Å². The van der Waals surface area contributed by atoms with Gasteiger partial charge in [-0.1, -0.05) is 40.9 Å². The number of benzene rings is 1. The SMILES string of the molecule is COc1ccc2c(c1)C(=O)O[C@@H]2C(Cl)(Cl)Cl. The Balaban J connectivity index is 2.48. The maximum absolute atomic E-state index is 11.5. The van der Waals surface area contributed by atoms with Crippen LogP contribution >= 0.6 is 34.8 Å². The van der Waals surface area contributed by atoms with Crippen molar-refractivity contribution < 1.29 is 14.3 Å². The van der Waals surface area contributed by atoms with Crippen molar-refractivity contribution in [2.45, 2.75) is 9.90 Å². The molecule has 0 saturated heterocycles. The predicted octanol–water partition coefficient (Wildman–Crippen LogP) is 3.28. The van der Waals surface area contributed by atoms with Crippen LogP contribution in [0.3, 0.4) is 0 Å². The number of hydrogen-bond donors (Lipinski definition) is 0. The third-order valence-electron chi connectivity index (χ3n) is 2.29. The lowest BCUT2D eigenvalue weighted by molar-refractivity contribution is 0.0393. The lowest BCUT2D eigenvalue weighted by Gasteiger charge is -2.18. The van der Waals surface area contributed by atoms with E-state index in [1.165, 1.54) is 7.11 Å². The number of methoxy groups -OCH3 is 1. The lowest BCUT2D eigenvalue weighted by Crippen LogP contribution is -2.16. The molecule has 0 amide bonds. The van der Waals surface area contributed by atoms with E-state index in [-0.39, 0.29) is 0 Å². The molecule has 0 spiro atoms. The second kappa shape index (κ2) is 3.99. The van der Waals surface area contributed by atoms with Gasteiger partial charge in [-0.05, 0) is 12.1 Å². The molecule has 2 rings (SSSR count). The fourth-order valence-corrected chi connectivity index (χ4v) is 2.03. The van der Waals surface area contributed by atoms with E-state index in [9.17, 15) is 4.79 Å². The normalized spacial score (nSPS) is 19.2. The van der Waals surface area contributed by atoms with E-state index in [2.05, 4.69) is 0 Å². The maximum atomic E-state index is 11.5. The van der Waals surface area contributed by atoms with Gasteiger partial charge in [0.25, 0.3) is 0 Å². The predicted molar refractivity (Wildman–Crippen MR) is 61.4 cm³/mol. The maximum Gasteiger partial charge on any atom is 0.339 e.